The third-order valence-corrected chi connectivity index (χ3v) is 2.11. The van der Waals surface area contributed by atoms with E-state index in [1.54, 1.807) is 7.11 Å². The molecule has 72 valence electrons. The highest BCUT2D eigenvalue weighted by Crippen LogP contribution is 2.25. The quantitative estimate of drug-likeness (QED) is 0.739. The molecule has 0 spiro atoms. The van der Waals surface area contributed by atoms with E-state index in [2.05, 4.69) is 9.97 Å². The number of methoxy groups -OCH3 is 1. The van der Waals surface area contributed by atoms with Gasteiger partial charge >= 0.3 is 0 Å². The van der Waals surface area contributed by atoms with Crippen LogP contribution in [0.15, 0.2) is 18.2 Å². The van der Waals surface area contributed by atoms with Crippen molar-refractivity contribution in [1.29, 1.82) is 0 Å². The van der Waals surface area contributed by atoms with Crippen molar-refractivity contribution in [3.63, 3.8) is 0 Å². The van der Waals surface area contributed by atoms with Crippen LogP contribution in [0.5, 0.6) is 5.88 Å². The molecule has 0 unspecified atom stereocenters. The molecule has 0 fully saturated rings. The molecule has 0 saturated heterocycles. The predicted octanol–water partition coefficient (Wildman–Crippen LogP) is 1.53. The lowest BCUT2D eigenvalue weighted by Crippen LogP contribution is -1.99. The Hall–Kier alpha value is -1.84. The molecule has 0 amide bonds. The second-order valence-electron chi connectivity index (χ2n) is 3.06. The number of rotatable bonds is 1. The Labute approximate surface area is 81.7 Å². The van der Waals surface area contributed by atoms with Crippen LogP contribution in [0.3, 0.4) is 0 Å². The summed E-state index contributed by atoms with van der Waals surface area (Å²) in [5, 5.41) is 0.921. The van der Waals surface area contributed by atoms with Crippen LogP contribution in [-0.2, 0) is 0 Å². The Morgan fingerprint density at radius 2 is 2.07 bits per heavy atom. The molecule has 1 aromatic heterocycles. The van der Waals surface area contributed by atoms with Crippen LogP contribution in [0.2, 0.25) is 0 Å². The summed E-state index contributed by atoms with van der Waals surface area (Å²) in [6, 6.07) is 5.82. The van der Waals surface area contributed by atoms with Crippen LogP contribution in [0.25, 0.3) is 10.9 Å². The van der Waals surface area contributed by atoms with Gasteiger partial charge in [-0.2, -0.15) is 4.98 Å². The van der Waals surface area contributed by atoms with E-state index in [1.165, 1.54) is 0 Å². The summed E-state index contributed by atoms with van der Waals surface area (Å²) in [5.41, 5.74) is 7.45. The van der Waals surface area contributed by atoms with Gasteiger partial charge in [-0.15, -0.1) is 0 Å². The Balaban J connectivity index is 2.88. The highest BCUT2D eigenvalue weighted by Gasteiger charge is 2.07. The van der Waals surface area contributed by atoms with E-state index >= 15 is 0 Å². The molecular formula is C10H11N3O. The van der Waals surface area contributed by atoms with Crippen LogP contribution in [-0.4, -0.2) is 17.1 Å². The van der Waals surface area contributed by atoms with Gasteiger partial charge in [-0.25, -0.2) is 4.98 Å². The summed E-state index contributed by atoms with van der Waals surface area (Å²) in [6.07, 6.45) is 0. The van der Waals surface area contributed by atoms with Crippen LogP contribution in [0.1, 0.15) is 5.56 Å². The van der Waals surface area contributed by atoms with Crippen molar-refractivity contribution in [3.8, 4) is 5.88 Å². The van der Waals surface area contributed by atoms with Gasteiger partial charge in [-0.05, 0) is 18.6 Å². The van der Waals surface area contributed by atoms with E-state index in [-0.39, 0.29) is 5.95 Å². The topological polar surface area (TPSA) is 61.0 Å². The molecule has 0 aliphatic carbocycles. The molecule has 4 heteroatoms. The smallest absolute Gasteiger partial charge is 0.226 e. The minimum absolute atomic E-state index is 0.236. The fraction of sp³-hybridized carbons (Fsp3) is 0.200. The molecule has 1 aromatic carbocycles. The van der Waals surface area contributed by atoms with Crippen molar-refractivity contribution in [2.24, 2.45) is 0 Å². The zero-order chi connectivity index (χ0) is 10.1. The van der Waals surface area contributed by atoms with E-state index in [0.29, 0.717) is 5.88 Å². The molecule has 0 aliphatic rings. The monoisotopic (exact) mass is 189 g/mol. The molecule has 14 heavy (non-hydrogen) atoms. The number of aryl methyl sites for hydroxylation is 1. The molecular weight excluding hydrogens is 178 g/mol. The van der Waals surface area contributed by atoms with Crippen molar-refractivity contribution in [2.45, 2.75) is 6.92 Å². The molecule has 4 nitrogen and oxygen atoms in total. The molecule has 0 aliphatic heterocycles. The Morgan fingerprint density at radius 1 is 1.29 bits per heavy atom. The number of nitrogens with zero attached hydrogens (tertiary/aromatic N) is 2. The van der Waals surface area contributed by atoms with Gasteiger partial charge in [0.25, 0.3) is 0 Å². The summed E-state index contributed by atoms with van der Waals surface area (Å²) in [4.78, 5) is 8.16. The first kappa shape index (κ1) is 8.74. The maximum absolute atomic E-state index is 5.55. The van der Waals surface area contributed by atoms with E-state index in [0.717, 1.165) is 16.5 Å². The van der Waals surface area contributed by atoms with Gasteiger partial charge in [0, 0.05) is 0 Å². The van der Waals surface area contributed by atoms with Crippen molar-refractivity contribution < 1.29 is 4.74 Å². The number of fused-ring (bicyclic) bond motifs is 1. The first-order valence-corrected chi connectivity index (χ1v) is 4.29. The molecule has 2 rings (SSSR count). The summed E-state index contributed by atoms with van der Waals surface area (Å²) in [6.45, 7) is 1.99. The second kappa shape index (κ2) is 3.14. The first-order chi connectivity index (χ1) is 6.72. The van der Waals surface area contributed by atoms with Gasteiger partial charge in [-0.3, -0.25) is 0 Å². The summed E-state index contributed by atoms with van der Waals surface area (Å²) in [7, 11) is 1.58. The zero-order valence-electron chi connectivity index (χ0n) is 8.11. The lowest BCUT2D eigenvalue weighted by molar-refractivity contribution is 0.403. The van der Waals surface area contributed by atoms with Crippen molar-refractivity contribution in [2.75, 3.05) is 12.8 Å². The summed E-state index contributed by atoms with van der Waals surface area (Å²) < 4.78 is 5.16. The Morgan fingerprint density at radius 3 is 2.79 bits per heavy atom. The Kier molecular flexibility index (Phi) is 1.96. The molecule has 0 bridgehead atoms. The van der Waals surface area contributed by atoms with Crippen LogP contribution < -0.4 is 10.5 Å². The summed E-state index contributed by atoms with van der Waals surface area (Å²) >= 11 is 0. The molecule has 0 radical (unpaired) electrons. The number of anilines is 1. The molecule has 2 aromatic rings. The fourth-order valence-corrected chi connectivity index (χ4v) is 1.48. The van der Waals surface area contributed by atoms with Gasteiger partial charge < -0.3 is 10.5 Å². The lowest BCUT2D eigenvalue weighted by atomic mass is 10.1. The maximum atomic E-state index is 5.55. The Bertz CT molecular complexity index is 482. The van der Waals surface area contributed by atoms with E-state index in [1.807, 2.05) is 25.1 Å². The average Bonchev–Trinajstić information content (AvgIpc) is 2.16. The largest absolute Gasteiger partial charge is 0.480 e. The third kappa shape index (κ3) is 1.25. The van der Waals surface area contributed by atoms with Gasteiger partial charge in [0.05, 0.1) is 18.0 Å². The van der Waals surface area contributed by atoms with Gasteiger partial charge in [-0.1, -0.05) is 12.1 Å². The maximum Gasteiger partial charge on any atom is 0.226 e. The first-order valence-electron chi connectivity index (χ1n) is 4.29. The van der Waals surface area contributed by atoms with Crippen molar-refractivity contribution in [3.05, 3.63) is 23.8 Å². The van der Waals surface area contributed by atoms with Gasteiger partial charge in [0.15, 0.2) is 0 Å². The number of ether oxygens (including phenoxy) is 1. The lowest BCUT2D eigenvalue weighted by Gasteiger charge is -2.06. The number of hydrogen-bond acceptors (Lipinski definition) is 4. The number of hydrogen-bond donors (Lipinski definition) is 1. The van der Waals surface area contributed by atoms with E-state index in [9.17, 15) is 0 Å². The van der Waals surface area contributed by atoms with Crippen LogP contribution in [0, 0.1) is 6.92 Å². The number of nitrogens with two attached hydrogens (primary N) is 1. The third-order valence-electron chi connectivity index (χ3n) is 2.11. The molecule has 1 heterocycles. The van der Waals surface area contributed by atoms with Gasteiger partial charge in [0.1, 0.15) is 0 Å². The standard InChI is InChI=1S/C10H11N3O/c1-6-4-3-5-7-8(6)9(14-2)13-10(11)12-7/h3-5H,1-2H3,(H2,11,12,13). The van der Waals surface area contributed by atoms with Gasteiger partial charge in [0.2, 0.25) is 11.8 Å². The molecule has 0 saturated carbocycles. The van der Waals surface area contributed by atoms with E-state index in [4.69, 9.17) is 10.5 Å². The minimum Gasteiger partial charge on any atom is -0.480 e. The predicted molar refractivity (Wildman–Crippen MR) is 55.2 cm³/mol. The highest BCUT2D eigenvalue weighted by atomic mass is 16.5. The average molecular weight is 189 g/mol. The van der Waals surface area contributed by atoms with E-state index < -0.39 is 0 Å². The molecule has 0 atom stereocenters. The SMILES string of the molecule is COc1nc(N)nc2cccc(C)c12. The highest BCUT2D eigenvalue weighted by molar-refractivity contribution is 5.87. The number of benzene rings is 1. The minimum atomic E-state index is 0.236. The van der Waals surface area contributed by atoms with Crippen LogP contribution >= 0.6 is 0 Å². The van der Waals surface area contributed by atoms with Crippen molar-refractivity contribution >= 4 is 16.9 Å². The van der Waals surface area contributed by atoms with Crippen LogP contribution in [0.4, 0.5) is 5.95 Å². The zero-order valence-corrected chi connectivity index (χ0v) is 8.11. The normalized spacial score (nSPS) is 10.4. The number of aromatic nitrogens is 2. The fourth-order valence-electron chi connectivity index (χ4n) is 1.48. The second-order valence-corrected chi connectivity index (χ2v) is 3.06. The molecule has 2 N–H and O–H groups in total. The summed E-state index contributed by atoms with van der Waals surface area (Å²) in [5.74, 6) is 0.769. The number of nitrogen functional groups attached to an aromatic ring is 1. The van der Waals surface area contributed by atoms with Crippen molar-refractivity contribution in [1.82, 2.24) is 9.97 Å².